The highest BCUT2D eigenvalue weighted by Gasteiger charge is 2.52. The van der Waals surface area contributed by atoms with Crippen LogP contribution in [0.1, 0.15) is 12.8 Å². The van der Waals surface area contributed by atoms with E-state index in [2.05, 4.69) is 9.88 Å². The SMILES string of the molecule is Clc1cccc(N2CC3(CC3)C2)n1. The Labute approximate surface area is 82.5 Å². The molecule has 1 spiro atoms. The largest absolute Gasteiger partial charge is 0.355 e. The van der Waals surface area contributed by atoms with Gasteiger partial charge in [0.2, 0.25) is 0 Å². The number of pyridine rings is 1. The van der Waals surface area contributed by atoms with Crippen LogP contribution in [0.15, 0.2) is 18.2 Å². The van der Waals surface area contributed by atoms with Crippen LogP contribution in [-0.2, 0) is 0 Å². The fraction of sp³-hybridized carbons (Fsp3) is 0.500. The zero-order chi connectivity index (χ0) is 8.89. The molecule has 0 radical (unpaired) electrons. The highest BCUT2D eigenvalue weighted by molar-refractivity contribution is 6.29. The number of halogens is 1. The van der Waals surface area contributed by atoms with E-state index in [0.717, 1.165) is 5.82 Å². The van der Waals surface area contributed by atoms with Crippen LogP contribution >= 0.6 is 11.6 Å². The highest BCUT2D eigenvalue weighted by atomic mass is 35.5. The van der Waals surface area contributed by atoms with Gasteiger partial charge in [-0.3, -0.25) is 0 Å². The standard InChI is InChI=1S/C10H11ClN2/c11-8-2-1-3-9(12-8)13-6-10(7-13)4-5-10/h1-3H,4-7H2. The van der Waals surface area contributed by atoms with Gasteiger partial charge in [-0.1, -0.05) is 17.7 Å². The van der Waals surface area contributed by atoms with Crippen LogP contribution in [0, 0.1) is 5.41 Å². The van der Waals surface area contributed by atoms with E-state index in [1.807, 2.05) is 18.2 Å². The molecule has 68 valence electrons. The average Bonchev–Trinajstić information content (AvgIpc) is 2.80. The Kier molecular flexibility index (Phi) is 1.40. The van der Waals surface area contributed by atoms with Gasteiger partial charge in [0.25, 0.3) is 0 Å². The summed E-state index contributed by atoms with van der Waals surface area (Å²) in [4.78, 5) is 6.58. The molecule has 3 heteroatoms. The minimum Gasteiger partial charge on any atom is -0.355 e. The predicted octanol–water partition coefficient (Wildman–Crippen LogP) is 2.34. The van der Waals surface area contributed by atoms with Crippen molar-refractivity contribution >= 4 is 17.4 Å². The second-order valence-corrected chi connectivity index (χ2v) is 4.56. The van der Waals surface area contributed by atoms with Crippen LogP contribution in [0.5, 0.6) is 0 Å². The quantitative estimate of drug-likeness (QED) is 0.638. The first-order chi connectivity index (χ1) is 6.27. The van der Waals surface area contributed by atoms with Crippen molar-refractivity contribution < 1.29 is 0 Å². The van der Waals surface area contributed by atoms with Crippen molar-refractivity contribution in [3.63, 3.8) is 0 Å². The maximum atomic E-state index is 5.82. The highest BCUT2D eigenvalue weighted by Crippen LogP contribution is 2.53. The number of aromatic nitrogens is 1. The molecule has 3 rings (SSSR count). The van der Waals surface area contributed by atoms with Crippen LogP contribution in [0.4, 0.5) is 5.82 Å². The zero-order valence-electron chi connectivity index (χ0n) is 7.33. The van der Waals surface area contributed by atoms with Crippen molar-refractivity contribution in [2.75, 3.05) is 18.0 Å². The van der Waals surface area contributed by atoms with Crippen molar-refractivity contribution in [1.29, 1.82) is 0 Å². The van der Waals surface area contributed by atoms with Crippen LogP contribution in [0.3, 0.4) is 0 Å². The van der Waals surface area contributed by atoms with Crippen molar-refractivity contribution in [3.05, 3.63) is 23.4 Å². The van der Waals surface area contributed by atoms with Gasteiger partial charge in [0.15, 0.2) is 0 Å². The minimum absolute atomic E-state index is 0.592. The van der Waals surface area contributed by atoms with Crippen LogP contribution in [0.25, 0.3) is 0 Å². The van der Waals surface area contributed by atoms with Gasteiger partial charge < -0.3 is 4.90 Å². The second kappa shape index (κ2) is 2.38. The Morgan fingerprint density at radius 3 is 2.69 bits per heavy atom. The molecule has 1 saturated carbocycles. The molecule has 2 nitrogen and oxygen atoms in total. The Hall–Kier alpha value is -0.760. The summed E-state index contributed by atoms with van der Waals surface area (Å²) in [6.07, 6.45) is 2.81. The average molecular weight is 195 g/mol. The third kappa shape index (κ3) is 1.20. The zero-order valence-corrected chi connectivity index (χ0v) is 8.09. The normalized spacial score (nSPS) is 23.0. The lowest BCUT2D eigenvalue weighted by molar-refractivity contribution is 0.384. The van der Waals surface area contributed by atoms with Crippen LogP contribution in [-0.4, -0.2) is 18.1 Å². The van der Waals surface area contributed by atoms with Gasteiger partial charge in [-0.25, -0.2) is 4.98 Å². The molecule has 0 amide bonds. The van der Waals surface area contributed by atoms with Gasteiger partial charge in [0.1, 0.15) is 11.0 Å². The van der Waals surface area contributed by atoms with Crippen LogP contribution < -0.4 is 4.90 Å². The van der Waals surface area contributed by atoms with E-state index in [4.69, 9.17) is 11.6 Å². The number of rotatable bonds is 1. The first kappa shape index (κ1) is 7.63. The summed E-state index contributed by atoms with van der Waals surface area (Å²) in [7, 11) is 0. The van der Waals surface area contributed by atoms with Crippen molar-refractivity contribution in [2.45, 2.75) is 12.8 Å². The van der Waals surface area contributed by atoms with E-state index in [-0.39, 0.29) is 0 Å². The summed E-state index contributed by atoms with van der Waals surface area (Å²) in [5.74, 6) is 1.03. The van der Waals surface area contributed by atoms with Crippen molar-refractivity contribution in [3.8, 4) is 0 Å². The van der Waals surface area contributed by atoms with Gasteiger partial charge in [-0.2, -0.15) is 0 Å². The van der Waals surface area contributed by atoms with Gasteiger partial charge >= 0.3 is 0 Å². The van der Waals surface area contributed by atoms with E-state index in [1.54, 1.807) is 0 Å². The molecule has 1 aromatic heterocycles. The maximum Gasteiger partial charge on any atom is 0.131 e. The first-order valence-electron chi connectivity index (χ1n) is 4.65. The van der Waals surface area contributed by atoms with E-state index in [0.29, 0.717) is 10.6 Å². The third-order valence-electron chi connectivity index (χ3n) is 3.03. The summed E-state index contributed by atoms with van der Waals surface area (Å²) < 4.78 is 0. The third-order valence-corrected chi connectivity index (χ3v) is 3.24. The number of hydrogen-bond donors (Lipinski definition) is 0. The van der Waals surface area contributed by atoms with E-state index in [9.17, 15) is 0 Å². The summed E-state index contributed by atoms with van der Waals surface area (Å²) in [5.41, 5.74) is 0.685. The van der Waals surface area contributed by atoms with E-state index < -0.39 is 0 Å². The van der Waals surface area contributed by atoms with Crippen molar-refractivity contribution in [1.82, 2.24) is 4.98 Å². The van der Waals surface area contributed by atoms with Gasteiger partial charge in [0.05, 0.1) is 0 Å². The minimum atomic E-state index is 0.592. The summed E-state index contributed by atoms with van der Waals surface area (Å²) in [6.45, 7) is 2.36. The summed E-state index contributed by atoms with van der Waals surface area (Å²) in [6, 6.07) is 5.81. The Balaban J connectivity index is 1.78. The van der Waals surface area contributed by atoms with Crippen molar-refractivity contribution in [2.24, 2.45) is 5.41 Å². The molecule has 13 heavy (non-hydrogen) atoms. The fourth-order valence-electron chi connectivity index (χ4n) is 1.99. The number of nitrogens with zero attached hydrogens (tertiary/aromatic N) is 2. The number of anilines is 1. The second-order valence-electron chi connectivity index (χ2n) is 4.17. The molecule has 0 bridgehead atoms. The Morgan fingerprint density at radius 1 is 1.31 bits per heavy atom. The molecule has 1 aliphatic heterocycles. The van der Waals surface area contributed by atoms with Gasteiger partial charge in [0, 0.05) is 18.5 Å². The fourth-order valence-corrected chi connectivity index (χ4v) is 2.15. The number of hydrogen-bond acceptors (Lipinski definition) is 2. The molecule has 1 aromatic rings. The molecule has 0 aromatic carbocycles. The van der Waals surface area contributed by atoms with E-state index >= 15 is 0 Å². The lowest BCUT2D eigenvalue weighted by Crippen LogP contribution is -2.48. The molecule has 2 fully saturated rings. The molecule has 1 saturated heterocycles. The summed E-state index contributed by atoms with van der Waals surface area (Å²) >= 11 is 5.82. The molecular formula is C10H11ClN2. The molecule has 1 aliphatic carbocycles. The topological polar surface area (TPSA) is 16.1 Å². The maximum absolute atomic E-state index is 5.82. The van der Waals surface area contributed by atoms with E-state index in [1.165, 1.54) is 25.9 Å². The molecule has 0 unspecified atom stereocenters. The van der Waals surface area contributed by atoms with Crippen LogP contribution in [0.2, 0.25) is 5.15 Å². The lowest BCUT2D eigenvalue weighted by Gasteiger charge is -2.40. The Morgan fingerprint density at radius 2 is 2.08 bits per heavy atom. The van der Waals surface area contributed by atoms with Gasteiger partial charge in [-0.05, 0) is 25.0 Å². The monoisotopic (exact) mass is 194 g/mol. The molecule has 2 aliphatic rings. The van der Waals surface area contributed by atoms with Gasteiger partial charge in [-0.15, -0.1) is 0 Å². The first-order valence-corrected chi connectivity index (χ1v) is 5.03. The lowest BCUT2D eigenvalue weighted by atomic mass is 9.97. The molecule has 0 atom stereocenters. The smallest absolute Gasteiger partial charge is 0.131 e. The Bertz CT molecular complexity index is 339. The molecular weight excluding hydrogens is 184 g/mol. The molecule has 0 N–H and O–H groups in total. The predicted molar refractivity (Wildman–Crippen MR) is 53.1 cm³/mol. The molecule has 2 heterocycles. The summed E-state index contributed by atoms with van der Waals surface area (Å²) in [5, 5.41) is 0.592.